The molecule has 20 heavy (non-hydrogen) atoms. The van der Waals surface area contributed by atoms with Crippen LogP contribution in [-0.2, 0) is 0 Å². The van der Waals surface area contributed by atoms with E-state index in [1.165, 1.54) is 17.7 Å². The highest BCUT2D eigenvalue weighted by Crippen LogP contribution is 2.22. The fraction of sp³-hybridized carbons (Fsp3) is 0.294. The van der Waals surface area contributed by atoms with Gasteiger partial charge < -0.3 is 9.64 Å². The van der Waals surface area contributed by atoms with Crippen LogP contribution in [0.25, 0.3) is 0 Å². The van der Waals surface area contributed by atoms with Gasteiger partial charge in [-0.25, -0.2) is 4.39 Å². The summed E-state index contributed by atoms with van der Waals surface area (Å²) in [6.07, 6.45) is 0.863. The van der Waals surface area contributed by atoms with Gasteiger partial charge in [-0.05, 0) is 56.1 Å². The number of rotatable bonds is 6. The van der Waals surface area contributed by atoms with Gasteiger partial charge in [0.1, 0.15) is 11.6 Å². The molecular formula is C17H19FNO. The molecule has 0 aliphatic heterocycles. The molecule has 3 heteroatoms. The van der Waals surface area contributed by atoms with Crippen LogP contribution in [0.5, 0.6) is 5.75 Å². The largest absolute Gasteiger partial charge is 0.494 e. The zero-order valence-electron chi connectivity index (χ0n) is 11.8. The van der Waals surface area contributed by atoms with Crippen molar-refractivity contribution in [3.05, 3.63) is 66.0 Å². The Bertz CT molecular complexity index is 510. The maximum absolute atomic E-state index is 12.8. The van der Waals surface area contributed by atoms with Crippen molar-refractivity contribution in [1.82, 2.24) is 4.90 Å². The molecule has 0 bridgehead atoms. The molecule has 1 radical (unpaired) electrons. The van der Waals surface area contributed by atoms with E-state index in [-0.39, 0.29) is 11.9 Å². The molecule has 2 aromatic carbocycles. The molecule has 2 rings (SSSR count). The highest BCUT2D eigenvalue weighted by Gasteiger charge is 2.13. The molecule has 1 unspecified atom stereocenters. The summed E-state index contributed by atoms with van der Waals surface area (Å²) in [5.74, 6) is 0.451. The van der Waals surface area contributed by atoms with Crippen molar-refractivity contribution in [2.24, 2.45) is 0 Å². The first-order chi connectivity index (χ1) is 9.66. The second-order valence-corrected chi connectivity index (χ2v) is 4.91. The van der Waals surface area contributed by atoms with E-state index in [9.17, 15) is 4.39 Å². The molecule has 0 aromatic heterocycles. The molecule has 0 aliphatic carbocycles. The van der Waals surface area contributed by atoms with Gasteiger partial charge in [0.2, 0.25) is 0 Å². The molecule has 0 fully saturated rings. The third kappa shape index (κ3) is 4.07. The fourth-order valence-corrected chi connectivity index (χ4v) is 2.16. The lowest BCUT2D eigenvalue weighted by Gasteiger charge is -2.24. The highest BCUT2D eigenvalue weighted by molar-refractivity contribution is 5.22. The van der Waals surface area contributed by atoms with Crippen LogP contribution in [0.3, 0.4) is 0 Å². The number of hydrogen-bond acceptors (Lipinski definition) is 2. The van der Waals surface area contributed by atoms with E-state index < -0.39 is 0 Å². The van der Waals surface area contributed by atoms with Crippen LogP contribution in [0.1, 0.15) is 18.0 Å². The van der Waals surface area contributed by atoms with Crippen molar-refractivity contribution in [1.29, 1.82) is 0 Å². The van der Waals surface area contributed by atoms with Gasteiger partial charge in [0.15, 0.2) is 0 Å². The summed E-state index contributed by atoms with van der Waals surface area (Å²) < 4.78 is 18.5. The number of nitrogens with zero attached hydrogens (tertiary/aromatic N) is 1. The van der Waals surface area contributed by atoms with Gasteiger partial charge in [-0.1, -0.05) is 18.2 Å². The molecule has 0 spiro atoms. The van der Waals surface area contributed by atoms with Crippen molar-refractivity contribution < 1.29 is 9.13 Å². The Kier molecular flexibility index (Phi) is 5.13. The summed E-state index contributed by atoms with van der Waals surface area (Å²) >= 11 is 0. The standard InChI is InChI=1S/C17H19FNO/c1-19(2)17(14-6-4-3-5-7-14)12-13-20-16-10-8-15(18)9-11-16/h3-4,6-11,17H,12-13H2,1-2H3. The average Bonchev–Trinajstić information content (AvgIpc) is 2.46. The van der Waals surface area contributed by atoms with Crippen LogP contribution < -0.4 is 4.74 Å². The lowest BCUT2D eigenvalue weighted by molar-refractivity contribution is 0.223. The van der Waals surface area contributed by atoms with Crippen LogP contribution in [0, 0.1) is 11.9 Å². The lowest BCUT2D eigenvalue weighted by atomic mass is 10.0. The molecule has 0 heterocycles. The zero-order valence-corrected chi connectivity index (χ0v) is 11.8. The first kappa shape index (κ1) is 14.5. The molecule has 0 saturated carbocycles. The van der Waals surface area contributed by atoms with Gasteiger partial charge in [0.25, 0.3) is 0 Å². The molecule has 0 saturated heterocycles. The van der Waals surface area contributed by atoms with Crippen LogP contribution in [0.4, 0.5) is 4.39 Å². The van der Waals surface area contributed by atoms with Crippen LogP contribution >= 0.6 is 0 Å². The summed E-state index contributed by atoms with van der Waals surface area (Å²) in [5, 5.41) is 0. The Balaban J connectivity index is 1.91. The van der Waals surface area contributed by atoms with Crippen molar-refractivity contribution in [3.63, 3.8) is 0 Å². The normalized spacial score (nSPS) is 12.4. The topological polar surface area (TPSA) is 12.5 Å². The first-order valence-electron chi connectivity index (χ1n) is 6.67. The number of ether oxygens (including phenoxy) is 1. The molecular weight excluding hydrogens is 253 g/mol. The Morgan fingerprint density at radius 3 is 2.55 bits per heavy atom. The second-order valence-electron chi connectivity index (χ2n) is 4.91. The molecule has 2 nitrogen and oxygen atoms in total. The molecule has 0 amide bonds. The monoisotopic (exact) mass is 272 g/mol. The van der Waals surface area contributed by atoms with E-state index in [2.05, 4.69) is 31.1 Å². The third-order valence-corrected chi connectivity index (χ3v) is 3.21. The Morgan fingerprint density at radius 2 is 1.95 bits per heavy atom. The molecule has 1 atom stereocenters. The van der Waals surface area contributed by atoms with Crippen LogP contribution in [0.2, 0.25) is 0 Å². The Hall–Kier alpha value is -1.87. The summed E-state index contributed by atoms with van der Waals surface area (Å²) in [6, 6.07) is 17.5. The van der Waals surface area contributed by atoms with Gasteiger partial charge in [0, 0.05) is 12.5 Å². The molecule has 105 valence electrons. The number of halogens is 1. The predicted molar refractivity (Wildman–Crippen MR) is 78.2 cm³/mol. The zero-order chi connectivity index (χ0) is 14.4. The quantitative estimate of drug-likeness (QED) is 0.795. The van der Waals surface area contributed by atoms with Crippen LogP contribution in [-0.4, -0.2) is 25.6 Å². The number of hydrogen-bond donors (Lipinski definition) is 0. The fourth-order valence-electron chi connectivity index (χ4n) is 2.16. The molecule has 0 aliphatic rings. The van der Waals surface area contributed by atoms with Crippen molar-refractivity contribution in [2.75, 3.05) is 20.7 Å². The van der Waals surface area contributed by atoms with Crippen molar-refractivity contribution in [3.8, 4) is 5.75 Å². The Labute approximate surface area is 119 Å². The third-order valence-electron chi connectivity index (χ3n) is 3.21. The Morgan fingerprint density at radius 1 is 1.20 bits per heavy atom. The first-order valence-corrected chi connectivity index (χ1v) is 6.67. The highest BCUT2D eigenvalue weighted by atomic mass is 19.1. The molecule has 0 N–H and O–H groups in total. The van der Waals surface area contributed by atoms with Gasteiger partial charge in [0.05, 0.1) is 6.61 Å². The molecule has 2 aromatic rings. The smallest absolute Gasteiger partial charge is 0.123 e. The second kappa shape index (κ2) is 7.06. The van der Waals surface area contributed by atoms with E-state index in [1.54, 1.807) is 12.1 Å². The van der Waals surface area contributed by atoms with Crippen molar-refractivity contribution >= 4 is 0 Å². The maximum atomic E-state index is 12.8. The van der Waals surface area contributed by atoms with E-state index >= 15 is 0 Å². The lowest BCUT2D eigenvalue weighted by Crippen LogP contribution is -2.22. The minimum absolute atomic E-state index is 0.247. The summed E-state index contributed by atoms with van der Waals surface area (Å²) in [4.78, 5) is 2.16. The van der Waals surface area contributed by atoms with Gasteiger partial charge >= 0.3 is 0 Å². The average molecular weight is 272 g/mol. The van der Waals surface area contributed by atoms with E-state index in [4.69, 9.17) is 4.74 Å². The summed E-state index contributed by atoms with van der Waals surface area (Å²) in [7, 11) is 4.10. The van der Waals surface area contributed by atoms with E-state index in [1.807, 2.05) is 18.2 Å². The minimum Gasteiger partial charge on any atom is -0.494 e. The van der Waals surface area contributed by atoms with Gasteiger partial charge in [-0.3, -0.25) is 0 Å². The van der Waals surface area contributed by atoms with E-state index in [0.29, 0.717) is 12.4 Å². The summed E-state index contributed by atoms with van der Waals surface area (Å²) in [6.45, 7) is 0.587. The SMILES string of the molecule is CN(C)C(CCOc1ccc(F)cc1)c1c[c]ccc1. The number of benzene rings is 2. The minimum atomic E-state index is -0.247. The predicted octanol–water partition coefficient (Wildman–Crippen LogP) is 3.70. The van der Waals surface area contributed by atoms with Gasteiger partial charge in [-0.15, -0.1) is 0 Å². The van der Waals surface area contributed by atoms with Crippen LogP contribution in [0.15, 0.2) is 48.5 Å². The van der Waals surface area contributed by atoms with Gasteiger partial charge in [-0.2, -0.15) is 0 Å². The maximum Gasteiger partial charge on any atom is 0.123 e. The van der Waals surface area contributed by atoms with E-state index in [0.717, 1.165) is 6.42 Å². The van der Waals surface area contributed by atoms with Crippen molar-refractivity contribution in [2.45, 2.75) is 12.5 Å². The summed E-state index contributed by atoms with van der Waals surface area (Å²) in [5.41, 5.74) is 1.22.